The zero-order valence-corrected chi connectivity index (χ0v) is 8.68. The molecule has 6 nitrogen and oxygen atoms in total. The number of aryl methyl sites for hydroxylation is 1. The van der Waals surface area contributed by atoms with Crippen LogP contribution in [-0.2, 0) is 7.05 Å². The van der Waals surface area contributed by atoms with Gasteiger partial charge < -0.3 is 10.3 Å². The van der Waals surface area contributed by atoms with Crippen molar-refractivity contribution in [1.82, 2.24) is 24.7 Å². The summed E-state index contributed by atoms with van der Waals surface area (Å²) in [5, 5.41) is 6.58. The fourth-order valence-corrected chi connectivity index (χ4v) is 1.74. The number of aromatic amines is 1. The summed E-state index contributed by atoms with van der Waals surface area (Å²) >= 11 is 0. The summed E-state index contributed by atoms with van der Waals surface area (Å²) in [5.74, 6) is 1.28. The van der Waals surface area contributed by atoms with E-state index in [1.54, 1.807) is 12.4 Å². The molecule has 0 atom stereocenters. The Morgan fingerprint density at radius 2 is 2.31 bits per heavy atom. The zero-order chi connectivity index (χ0) is 11.1. The SMILES string of the molecule is Cn1c(-c2cn[nH]c2N)nc2ncccc21. The Labute approximate surface area is 91.1 Å². The van der Waals surface area contributed by atoms with Gasteiger partial charge in [0.1, 0.15) is 11.6 Å². The van der Waals surface area contributed by atoms with E-state index in [0.29, 0.717) is 11.5 Å². The average molecular weight is 214 g/mol. The van der Waals surface area contributed by atoms with Gasteiger partial charge in [-0.05, 0) is 12.1 Å². The molecule has 3 heterocycles. The fraction of sp³-hybridized carbons (Fsp3) is 0.100. The van der Waals surface area contributed by atoms with Crippen LogP contribution in [0.25, 0.3) is 22.6 Å². The summed E-state index contributed by atoms with van der Waals surface area (Å²) in [6.45, 7) is 0. The molecule has 0 radical (unpaired) electrons. The van der Waals surface area contributed by atoms with Gasteiger partial charge in [0.15, 0.2) is 5.65 Å². The second kappa shape index (κ2) is 3.06. The number of nitrogen functional groups attached to an aromatic ring is 1. The van der Waals surface area contributed by atoms with Crippen LogP contribution in [0.15, 0.2) is 24.5 Å². The number of imidazole rings is 1. The van der Waals surface area contributed by atoms with Gasteiger partial charge in [-0.1, -0.05) is 0 Å². The third-order valence-corrected chi connectivity index (χ3v) is 2.57. The van der Waals surface area contributed by atoms with Crippen molar-refractivity contribution in [1.29, 1.82) is 0 Å². The number of hydrogen-bond acceptors (Lipinski definition) is 4. The van der Waals surface area contributed by atoms with Crippen molar-refractivity contribution in [3.8, 4) is 11.4 Å². The molecule has 3 aromatic heterocycles. The Hall–Kier alpha value is -2.37. The largest absolute Gasteiger partial charge is 0.383 e. The number of nitrogens with one attached hydrogen (secondary N) is 1. The van der Waals surface area contributed by atoms with Crippen molar-refractivity contribution in [3.05, 3.63) is 24.5 Å². The molecule has 0 saturated carbocycles. The number of hydrogen-bond donors (Lipinski definition) is 2. The van der Waals surface area contributed by atoms with Crippen LogP contribution in [0.2, 0.25) is 0 Å². The summed E-state index contributed by atoms with van der Waals surface area (Å²) in [5.41, 5.74) is 8.24. The molecule has 0 aliphatic carbocycles. The maximum absolute atomic E-state index is 5.77. The second-order valence-electron chi connectivity index (χ2n) is 3.54. The molecule has 0 bridgehead atoms. The quantitative estimate of drug-likeness (QED) is 0.631. The van der Waals surface area contributed by atoms with Crippen LogP contribution < -0.4 is 5.73 Å². The van der Waals surface area contributed by atoms with E-state index in [1.165, 1.54) is 0 Å². The fourth-order valence-electron chi connectivity index (χ4n) is 1.74. The van der Waals surface area contributed by atoms with E-state index in [0.717, 1.165) is 16.9 Å². The lowest BCUT2D eigenvalue weighted by Gasteiger charge is -1.99. The van der Waals surface area contributed by atoms with E-state index in [4.69, 9.17) is 5.73 Å². The van der Waals surface area contributed by atoms with Crippen LogP contribution in [0.1, 0.15) is 0 Å². The van der Waals surface area contributed by atoms with Crippen LogP contribution in [0, 0.1) is 0 Å². The van der Waals surface area contributed by atoms with E-state index in [1.807, 2.05) is 23.7 Å². The minimum absolute atomic E-state index is 0.512. The summed E-state index contributed by atoms with van der Waals surface area (Å²) in [6, 6.07) is 3.85. The number of aromatic nitrogens is 5. The lowest BCUT2D eigenvalue weighted by Crippen LogP contribution is -1.94. The third kappa shape index (κ3) is 1.10. The van der Waals surface area contributed by atoms with Gasteiger partial charge in [0, 0.05) is 13.2 Å². The first-order valence-electron chi connectivity index (χ1n) is 4.84. The zero-order valence-electron chi connectivity index (χ0n) is 8.68. The first-order valence-corrected chi connectivity index (χ1v) is 4.84. The number of pyridine rings is 1. The highest BCUT2D eigenvalue weighted by Gasteiger charge is 2.13. The highest BCUT2D eigenvalue weighted by atomic mass is 15.2. The molecule has 0 spiro atoms. The predicted molar refractivity (Wildman–Crippen MR) is 60.5 cm³/mol. The summed E-state index contributed by atoms with van der Waals surface area (Å²) in [7, 11) is 1.93. The Kier molecular flexibility index (Phi) is 1.70. The first-order chi connectivity index (χ1) is 7.77. The summed E-state index contributed by atoms with van der Waals surface area (Å²) in [6.07, 6.45) is 3.38. The Morgan fingerprint density at radius 1 is 1.44 bits per heavy atom. The number of H-pyrrole nitrogens is 1. The molecule has 0 amide bonds. The van der Waals surface area contributed by atoms with Gasteiger partial charge in [0.25, 0.3) is 0 Å². The van der Waals surface area contributed by atoms with Crippen LogP contribution in [0.3, 0.4) is 0 Å². The maximum Gasteiger partial charge on any atom is 0.178 e. The Morgan fingerprint density at radius 3 is 3.00 bits per heavy atom. The van der Waals surface area contributed by atoms with E-state index in [9.17, 15) is 0 Å². The topological polar surface area (TPSA) is 85.4 Å². The van der Waals surface area contributed by atoms with Crippen LogP contribution >= 0.6 is 0 Å². The standard InChI is InChI=1S/C10H10N6/c1-16-7-3-2-4-12-9(7)14-10(16)6-5-13-15-8(6)11/h2-5H,1H3,(H3,11,13,15). The molecule has 3 aromatic rings. The van der Waals surface area contributed by atoms with Gasteiger partial charge in [-0.15, -0.1) is 0 Å². The lowest BCUT2D eigenvalue weighted by molar-refractivity contribution is 0.960. The predicted octanol–water partition coefficient (Wildman–Crippen LogP) is 0.941. The number of anilines is 1. The molecule has 0 aromatic carbocycles. The molecule has 6 heteroatoms. The van der Waals surface area contributed by atoms with Crippen LogP contribution in [0.4, 0.5) is 5.82 Å². The van der Waals surface area contributed by atoms with E-state index >= 15 is 0 Å². The molecule has 3 N–H and O–H groups in total. The van der Waals surface area contributed by atoms with Crippen LogP contribution in [0.5, 0.6) is 0 Å². The van der Waals surface area contributed by atoms with Gasteiger partial charge in [-0.25, -0.2) is 9.97 Å². The highest BCUT2D eigenvalue weighted by molar-refractivity contribution is 5.79. The molecule has 0 aliphatic rings. The summed E-state index contributed by atoms with van der Waals surface area (Å²) in [4.78, 5) is 8.63. The average Bonchev–Trinajstić information content (AvgIpc) is 2.84. The van der Waals surface area contributed by atoms with Crippen LogP contribution in [-0.4, -0.2) is 24.7 Å². The lowest BCUT2D eigenvalue weighted by atomic mass is 10.3. The molecule has 0 unspecified atom stereocenters. The minimum atomic E-state index is 0.512. The maximum atomic E-state index is 5.77. The number of fused-ring (bicyclic) bond motifs is 1. The highest BCUT2D eigenvalue weighted by Crippen LogP contribution is 2.25. The molecule has 0 saturated heterocycles. The Bertz CT molecular complexity index is 650. The molecule has 3 rings (SSSR count). The smallest absolute Gasteiger partial charge is 0.178 e. The molecule has 16 heavy (non-hydrogen) atoms. The number of nitrogens with two attached hydrogens (primary N) is 1. The van der Waals surface area contributed by atoms with Gasteiger partial charge in [0.05, 0.1) is 17.3 Å². The van der Waals surface area contributed by atoms with Crippen molar-refractivity contribution in [3.63, 3.8) is 0 Å². The molecular weight excluding hydrogens is 204 g/mol. The van der Waals surface area contributed by atoms with E-state index in [-0.39, 0.29) is 0 Å². The normalized spacial score (nSPS) is 11.1. The Balaban J connectivity index is 2.33. The third-order valence-electron chi connectivity index (χ3n) is 2.57. The van der Waals surface area contributed by atoms with Crippen molar-refractivity contribution in [2.75, 3.05) is 5.73 Å². The molecule has 0 fully saturated rings. The van der Waals surface area contributed by atoms with Crippen molar-refractivity contribution >= 4 is 17.0 Å². The number of rotatable bonds is 1. The van der Waals surface area contributed by atoms with Crippen molar-refractivity contribution < 1.29 is 0 Å². The van der Waals surface area contributed by atoms with Gasteiger partial charge in [0.2, 0.25) is 0 Å². The molecule has 0 aliphatic heterocycles. The molecular formula is C10H10N6. The molecule has 80 valence electrons. The van der Waals surface area contributed by atoms with E-state index < -0.39 is 0 Å². The van der Waals surface area contributed by atoms with E-state index in [2.05, 4.69) is 20.2 Å². The first kappa shape index (κ1) is 8.90. The van der Waals surface area contributed by atoms with Crippen molar-refractivity contribution in [2.24, 2.45) is 7.05 Å². The van der Waals surface area contributed by atoms with Gasteiger partial charge >= 0.3 is 0 Å². The summed E-state index contributed by atoms with van der Waals surface area (Å²) < 4.78 is 1.95. The second-order valence-corrected chi connectivity index (χ2v) is 3.54. The van der Waals surface area contributed by atoms with Crippen molar-refractivity contribution in [2.45, 2.75) is 0 Å². The number of nitrogens with zero attached hydrogens (tertiary/aromatic N) is 4. The van der Waals surface area contributed by atoms with Gasteiger partial charge in [-0.3, -0.25) is 5.10 Å². The van der Waals surface area contributed by atoms with Gasteiger partial charge in [-0.2, -0.15) is 5.10 Å². The monoisotopic (exact) mass is 214 g/mol. The minimum Gasteiger partial charge on any atom is -0.383 e.